The zero-order valence-electron chi connectivity index (χ0n) is 13.2. The van der Waals surface area contributed by atoms with Crippen molar-refractivity contribution in [2.45, 2.75) is 65.5 Å². The number of aryl methyl sites for hydroxylation is 1. The summed E-state index contributed by atoms with van der Waals surface area (Å²) < 4.78 is 6.11. The van der Waals surface area contributed by atoms with Gasteiger partial charge in [0.25, 0.3) is 0 Å². The van der Waals surface area contributed by atoms with Gasteiger partial charge in [0.2, 0.25) is 0 Å². The Kier molecular flexibility index (Phi) is 5.24. The SMILES string of the molecule is CCCC(CC)NC(C)c1oc2ccccc2c1CC. The van der Waals surface area contributed by atoms with Crippen molar-refractivity contribution in [3.05, 3.63) is 35.6 Å². The summed E-state index contributed by atoms with van der Waals surface area (Å²) in [6.45, 7) is 8.92. The van der Waals surface area contributed by atoms with E-state index in [0.717, 1.165) is 17.8 Å². The van der Waals surface area contributed by atoms with Crippen molar-refractivity contribution in [1.29, 1.82) is 0 Å². The molecule has 0 aliphatic rings. The van der Waals surface area contributed by atoms with Gasteiger partial charge >= 0.3 is 0 Å². The lowest BCUT2D eigenvalue weighted by Crippen LogP contribution is -2.31. The molecule has 2 rings (SSSR count). The Balaban J connectivity index is 2.27. The fourth-order valence-corrected chi connectivity index (χ4v) is 3.02. The van der Waals surface area contributed by atoms with Gasteiger partial charge in [0.1, 0.15) is 11.3 Å². The highest BCUT2D eigenvalue weighted by molar-refractivity contribution is 5.82. The Hall–Kier alpha value is -1.28. The van der Waals surface area contributed by atoms with Crippen LogP contribution >= 0.6 is 0 Å². The first kappa shape index (κ1) is 15.1. The Morgan fingerprint density at radius 2 is 1.90 bits per heavy atom. The molecule has 0 amide bonds. The lowest BCUT2D eigenvalue weighted by Gasteiger charge is -2.21. The quantitative estimate of drug-likeness (QED) is 0.747. The summed E-state index contributed by atoms with van der Waals surface area (Å²) in [6, 6.07) is 9.21. The lowest BCUT2D eigenvalue weighted by molar-refractivity contribution is 0.374. The minimum Gasteiger partial charge on any atom is -0.459 e. The van der Waals surface area contributed by atoms with Crippen LogP contribution in [-0.2, 0) is 6.42 Å². The van der Waals surface area contributed by atoms with Gasteiger partial charge in [-0.1, -0.05) is 45.4 Å². The molecule has 0 saturated carbocycles. The van der Waals surface area contributed by atoms with Crippen molar-refractivity contribution < 1.29 is 4.42 Å². The number of hydrogen-bond acceptors (Lipinski definition) is 2. The third-order valence-corrected chi connectivity index (χ3v) is 4.09. The average Bonchev–Trinajstić information content (AvgIpc) is 2.85. The Morgan fingerprint density at radius 3 is 2.55 bits per heavy atom. The van der Waals surface area contributed by atoms with Crippen molar-refractivity contribution in [1.82, 2.24) is 5.32 Å². The minimum atomic E-state index is 0.272. The highest BCUT2D eigenvalue weighted by Gasteiger charge is 2.19. The van der Waals surface area contributed by atoms with Crippen LogP contribution in [-0.4, -0.2) is 6.04 Å². The standard InChI is InChI=1S/C18H27NO/c1-5-10-14(6-2)19-13(4)18-15(7-3)16-11-8-9-12-17(16)20-18/h8-9,11-14,19H,5-7,10H2,1-4H3. The molecule has 1 N–H and O–H groups in total. The van der Waals surface area contributed by atoms with E-state index in [0.29, 0.717) is 6.04 Å². The smallest absolute Gasteiger partial charge is 0.134 e. The van der Waals surface area contributed by atoms with E-state index in [1.807, 2.05) is 6.07 Å². The average molecular weight is 273 g/mol. The van der Waals surface area contributed by atoms with Crippen LogP contribution in [0, 0.1) is 0 Å². The van der Waals surface area contributed by atoms with E-state index in [-0.39, 0.29) is 6.04 Å². The maximum absolute atomic E-state index is 6.11. The monoisotopic (exact) mass is 273 g/mol. The van der Waals surface area contributed by atoms with Gasteiger partial charge in [0, 0.05) is 17.0 Å². The number of benzene rings is 1. The van der Waals surface area contributed by atoms with Crippen LogP contribution in [0.25, 0.3) is 11.0 Å². The Bertz CT molecular complexity index is 543. The molecule has 2 nitrogen and oxygen atoms in total. The summed E-state index contributed by atoms with van der Waals surface area (Å²) in [5.74, 6) is 1.11. The Labute approximate surface area is 122 Å². The van der Waals surface area contributed by atoms with Gasteiger partial charge in [0.15, 0.2) is 0 Å². The number of para-hydroxylation sites is 1. The molecule has 2 atom stereocenters. The van der Waals surface area contributed by atoms with Crippen molar-refractivity contribution in [2.75, 3.05) is 0 Å². The molecule has 0 radical (unpaired) electrons. The van der Waals surface area contributed by atoms with Gasteiger partial charge in [-0.25, -0.2) is 0 Å². The molecule has 0 fully saturated rings. The Morgan fingerprint density at radius 1 is 1.15 bits per heavy atom. The number of nitrogens with one attached hydrogen (secondary N) is 1. The molecule has 0 bridgehead atoms. The molecular weight excluding hydrogens is 246 g/mol. The fourth-order valence-electron chi connectivity index (χ4n) is 3.02. The molecule has 2 heteroatoms. The molecule has 110 valence electrons. The molecule has 0 aliphatic heterocycles. The molecule has 0 saturated heterocycles. The first-order chi connectivity index (χ1) is 9.71. The van der Waals surface area contributed by atoms with Crippen LogP contribution in [0.5, 0.6) is 0 Å². The van der Waals surface area contributed by atoms with E-state index in [2.05, 4.69) is 51.2 Å². The summed E-state index contributed by atoms with van der Waals surface area (Å²) in [6.07, 6.45) is 4.63. The maximum atomic E-state index is 6.11. The lowest BCUT2D eigenvalue weighted by atomic mass is 10.0. The topological polar surface area (TPSA) is 25.2 Å². The van der Waals surface area contributed by atoms with Crippen molar-refractivity contribution in [3.8, 4) is 0 Å². The zero-order chi connectivity index (χ0) is 14.5. The van der Waals surface area contributed by atoms with Gasteiger partial charge in [-0.3, -0.25) is 0 Å². The summed E-state index contributed by atoms with van der Waals surface area (Å²) in [7, 11) is 0. The highest BCUT2D eigenvalue weighted by Crippen LogP contribution is 2.30. The largest absolute Gasteiger partial charge is 0.459 e. The number of hydrogen-bond donors (Lipinski definition) is 1. The third kappa shape index (κ3) is 3.06. The summed E-state index contributed by atoms with van der Waals surface area (Å²) in [4.78, 5) is 0. The van der Waals surface area contributed by atoms with Crippen LogP contribution < -0.4 is 5.32 Å². The van der Waals surface area contributed by atoms with Crippen LogP contribution in [0.3, 0.4) is 0 Å². The zero-order valence-corrected chi connectivity index (χ0v) is 13.2. The van der Waals surface area contributed by atoms with E-state index in [4.69, 9.17) is 4.42 Å². The third-order valence-electron chi connectivity index (χ3n) is 4.09. The second-order valence-electron chi connectivity index (χ2n) is 5.58. The fraction of sp³-hybridized carbons (Fsp3) is 0.556. The van der Waals surface area contributed by atoms with Gasteiger partial charge in [-0.05, 0) is 32.3 Å². The van der Waals surface area contributed by atoms with Crippen molar-refractivity contribution in [3.63, 3.8) is 0 Å². The number of fused-ring (bicyclic) bond motifs is 1. The van der Waals surface area contributed by atoms with Crippen LogP contribution in [0.1, 0.15) is 64.3 Å². The molecule has 0 aliphatic carbocycles. The van der Waals surface area contributed by atoms with Crippen LogP contribution in [0.15, 0.2) is 28.7 Å². The summed E-state index contributed by atoms with van der Waals surface area (Å²) >= 11 is 0. The highest BCUT2D eigenvalue weighted by atomic mass is 16.3. The second-order valence-corrected chi connectivity index (χ2v) is 5.58. The molecule has 20 heavy (non-hydrogen) atoms. The first-order valence-corrected chi connectivity index (χ1v) is 7.97. The van der Waals surface area contributed by atoms with E-state index < -0.39 is 0 Å². The van der Waals surface area contributed by atoms with E-state index >= 15 is 0 Å². The van der Waals surface area contributed by atoms with Crippen LogP contribution in [0.2, 0.25) is 0 Å². The second kappa shape index (κ2) is 6.94. The van der Waals surface area contributed by atoms with Gasteiger partial charge in [-0.2, -0.15) is 0 Å². The predicted octanol–water partition coefficient (Wildman–Crippen LogP) is 5.22. The normalized spacial score (nSPS) is 14.6. The van der Waals surface area contributed by atoms with Crippen molar-refractivity contribution in [2.24, 2.45) is 0 Å². The van der Waals surface area contributed by atoms with Gasteiger partial charge in [-0.15, -0.1) is 0 Å². The predicted molar refractivity (Wildman–Crippen MR) is 86.1 cm³/mol. The molecular formula is C18H27NO. The maximum Gasteiger partial charge on any atom is 0.134 e. The van der Waals surface area contributed by atoms with Crippen LogP contribution in [0.4, 0.5) is 0 Å². The molecule has 1 aromatic carbocycles. The number of rotatable bonds is 7. The summed E-state index contributed by atoms with van der Waals surface area (Å²) in [5.41, 5.74) is 2.36. The van der Waals surface area contributed by atoms with Gasteiger partial charge < -0.3 is 9.73 Å². The number of furan rings is 1. The minimum absolute atomic E-state index is 0.272. The molecule has 1 aromatic heterocycles. The first-order valence-electron chi connectivity index (χ1n) is 7.97. The molecule has 0 spiro atoms. The summed E-state index contributed by atoms with van der Waals surface area (Å²) in [5, 5.41) is 4.99. The van der Waals surface area contributed by atoms with E-state index in [9.17, 15) is 0 Å². The molecule has 1 heterocycles. The molecule has 2 aromatic rings. The van der Waals surface area contributed by atoms with Crippen molar-refractivity contribution >= 4 is 11.0 Å². The van der Waals surface area contributed by atoms with E-state index in [1.165, 1.54) is 30.2 Å². The molecule has 2 unspecified atom stereocenters. The van der Waals surface area contributed by atoms with E-state index in [1.54, 1.807) is 0 Å². The van der Waals surface area contributed by atoms with Gasteiger partial charge in [0.05, 0.1) is 6.04 Å².